The summed E-state index contributed by atoms with van der Waals surface area (Å²) in [5, 5.41) is 0. The molecule has 0 heterocycles. The number of aldehydes is 1. The summed E-state index contributed by atoms with van der Waals surface area (Å²) in [5.74, 6) is 0. The van der Waals surface area contributed by atoms with Crippen molar-refractivity contribution in [1.29, 1.82) is 0 Å². The smallest absolute Gasteiger partial charge is 0.130 e. The molecule has 84 valence electrons. The van der Waals surface area contributed by atoms with Crippen LogP contribution in [0.25, 0.3) is 0 Å². The minimum atomic E-state index is -0.406. The first-order valence-corrected chi connectivity index (χ1v) is 5.57. The minimum absolute atomic E-state index is 0.406. The van der Waals surface area contributed by atoms with Gasteiger partial charge in [-0.05, 0) is 37.8 Å². The summed E-state index contributed by atoms with van der Waals surface area (Å²) in [6.45, 7) is 5.44. The van der Waals surface area contributed by atoms with Crippen molar-refractivity contribution in [2.24, 2.45) is 5.41 Å². The second-order valence-electron chi connectivity index (χ2n) is 4.31. The SMILES string of the molecule is C=C=CC(C)(C=O)CCCc1ccccc1. The zero-order valence-electron chi connectivity index (χ0n) is 9.78. The van der Waals surface area contributed by atoms with Crippen LogP contribution in [-0.2, 0) is 11.2 Å². The van der Waals surface area contributed by atoms with Gasteiger partial charge in [-0.15, -0.1) is 5.73 Å². The maximum atomic E-state index is 11.0. The molecule has 0 aliphatic heterocycles. The second-order valence-corrected chi connectivity index (χ2v) is 4.31. The molecule has 1 unspecified atom stereocenters. The van der Waals surface area contributed by atoms with E-state index in [0.717, 1.165) is 25.5 Å². The molecule has 0 saturated carbocycles. The molecule has 0 saturated heterocycles. The highest BCUT2D eigenvalue weighted by atomic mass is 16.1. The lowest BCUT2D eigenvalue weighted by molar-refractivity contribution is -0.113. The Balaban J connectivity index is 2.46. The van der Waals surface area contributed by atoms with E-state index < -0.39 is 5.41 Å². The van der Waals surface area contributed by atoms with Gasteiger partial charge >= 0.3 is 0 Å². The highest BCUT2D eigenvalue weighted by molar-refractivity contribution is 5.61. The monoisotopic (exact) mass is 214 g/mol. The fourth-order valence-electron chi connectivity index (χ4n) is 1.72. The number of benzene rings is 1. The number of carbonyl (C=O) groups is 1. The molecule has 0 aliphatic rings. The van der Waals surface area contributed by atoms with Crippen molar-refractivity contribution >= 4 is 6.29 Å². The third-order valence-electron chi connectivity index (χ3n) is 2.72. The highest BCUT2D eigenvalue weighted by Crippen LogP contribution is 2.22. The van der Waals surface area contributed by atoms with Crippen LogP contribution < -0.4 is 0 Å². The summed E-state index contributed by atoms with van der Waals surface area (Å²) < 4.78 is 0. The van der Waals surface area contributed by atoms with Gasteiger partial charge in [0.05, 0.1) is 0 Å². The molecule has 0 radical (unpaired) electrons. The molecular formula is C15H18O. The van der Waals surface area contributed by atoms with E-state index >= 15 is 0 Å². The van der Waals surface area contributed by atoms with E-state index in [0.29, 0.717) is 0 Å². The third-order valence-corrected chi connectivity index (χ3v) is 2.72. The van der Waals surface area contributed by atoms with Gasteiger partial charge in [0, 0.05) is 5.41 Å². The fraction of sp³-hybridized carbons (Fsp3) is 0.333. The Bertz CT molecular complexity index is 374. The Labute approximate surface area is 97.5 Å². The maximum Gasteiger partial charge on any atom is 0.130 e. The zero-order chi connectivity index (χ0) is 11.9. The maximum absolute atomic E-state index is 11.0. The molecule has 1 aromatic rings. The molecule has 16 heavy (non-hydrogen) atoms. The first-order valence-electron chi connectivity index (χ1n) is 5.57. The van der Waals surface area contributed by atoms with E-state index in [4.69, 9.17) is 0 Å². The lowest BCUT2D eigenvalue weighted by Crippen LogP contribution is -2.14. The van der Waals surface area contributed by atoms with Crippen LogP contribution in [0.3, 0.4) is 0 Å². The largest absolute Gasteiger partial charge is 0.302 e. The molecule has 0 aliphatic carbocycles. The summed E-state index contributed by atoms with van der Waals surface area (Å²) in [6.07, 6.45) is 5.59. The van der Waals surface area contributed by atoms with Crippen molar-refractivity contribution in [3.05, 3.63) is 54.3 Å². The number of aryl methyl sites for hydroxylation is 1. The van der Waals surface area contributed by atoms with Crippen molar-refractivity contribution in [3.63, 3.8) is 0 Å². The third kappa shape index (κ3) is 3.88. The number of allylic oxidation sites excluding steroid dienone is 1. The zero-order valence-corrected chi connectivity index (χ0v) is 9.78. The molecule has 0 amide bonds. The number of rotatable bonds is 6. The van der Waals surface area contributed by atoms with Gasteiger partial charge in [-0.2, -0.15) is 0 Å². The van der Waals surface area contributed by atoms with Crippen LogP contribution in [0.2, 0.25) is 0 Å². The average molecular weight is 214 g/mol. The summed E-state index contributed by atoms with van der Waals surface area (Å²) in [7, 11) is 0. The van der Waals surface area contributed by atoms with Gasteiger partial charge in [0.1, 0.15) is 6.29 Å². The van der Waals surface area contributed by atoms with Crippen LogP contribution in [-0.4, -0.2) is 6.29 Å². The Morgan fingerprint density at radius 2 is 2.06 bits per heavy atom. The second kappa shape index (κ2) is 6.09. The van der Waals surface area contributed by atoms with E-state index in [1.165, 1.54) is 5.56 Å². The quantitative estimate of drug-likeness (QED) is 0.522. The predicted octanol–water partition coefficient (Wildman–Crippen LogP) is 3.56. The van der Waals surface area contributed by atoms with Crippen molar-refractivity contribution in [2.45, 2.75) is 26.2 Å². The molecule has 0 fully saturated rings. The van der Waals surface area contributed by atoms with Crippen LogP contribution in [0.15, 0.2) is 48.7 Å². The standard InChI is InChI=1S/C15H18O/c1-3-11-15(2,13-16)12-7-10-14-8-5-4-6-9-14/h4-6,8-9,11,13H,1,7,10,12H2,2H3. The molecular weight excluding hydrogens is 196 g/mol. The first kappa shape index (κ1) is 12.5. The van der Waals surface area contributed by atoms with Crippen LogP contribution in [0.4, 0.5) is 0 Å². The summed E-state index contributed by atoms with van der Waals surface area (Å²) in [4.78, 5) is 11.0. The number of hydrogen-bond donors (Lipinski definition) is 0. The summed E-state index contributed by atoms with van der Waals surface area (Å²) in [6, 6.07) is 10.3. The van der Waals surface area contributed by atoms with Gasteiger partial charge in [-0.1, -0.05) is 36.9 Å². The lowest BCUT2D eigenvalue weighted by atomic mass is 9.86. The molecule has 1 nitrogen and oxygen atoms in total. The highest BCUT2D eigenvalue weighted by Gasteiger charge is 2.18. The van der Waals surface area contributed by atoms with Crippen LogP contribution in [0.1, 0.15) is 25.3 Å². The van der Waals surface area contributed by atoms with Crippen molar-refractivity contribution in [2.75, 3.05) is 0 Å². The molecule has 1 rings (SSSR count). The van der Waals surface area contributed by atoms with E-state index in [-0.39, 0.29) is 0 Å². The van der Waals surface area contributed by atoms with Gasteiger partial charge in [-0.25, -0.2) is 0 Å². The minimum Gasteiger partial charge on any atom is -0.302 e. The summed E-state index contributed by atoms with van der Waals surface area (Å²) >= 11 is 0. The average Bonchev–Trinajstić information content (AvgIpc) is 2.31. The lowest BCUT2D eigenvalue weighted by Gasteiger charge is -2.16. The molecule has 0 N–H and O–H groups in total. The van der Waals surface area contributed by atoms with Gasteiger partial charge in [0.2, 0.25) is 0 Å². The van der Waals surface area contributed by atoms with Gasteiger partial charge in [-0.3, -0.25) is 0 Å². The van der Waals surface area contributed by atoms with Crippen molar-refractivity contribution in [3.8, 4) is 0 Å². The van der Waals surface area contributed by atoms with Crippen molar-refractivity contribution < 1.29 is 4.79 Å². The number of carbonyl (C=O) groups excluding carboxylic acids is 1. The van der Waals surface area contributed by atoms with Gasteiger partial charge in [0.15, 0.2) is 0 Å². The van der Waals surface area contributed by atoms with Crippen molar-refractivity contribution in [1.82, 2.24) is 0 Å². The van der Waals surface area contributed by atoms with E-state index in [2.05, 4.69) is 24.4 Å². The van der Waals surface area contributed by atoms with Crippen LogP contribution in [0, 0.1) is 5.41 Å². The first-order chi connectivity index (χ1) is 7.70. The molecule has 1 heteroatoms. The molecule has 1 atom stereocenters. The molecule has 1 aromatic carbocycles. The van der Waals surface area contributed by atoms with Gasteiger partial charge < -0.3 is 4.79 Å². The Hall–Kier alpha value is -1.59. The summed E-state index contributed by atoms with van der Waals surface area (Å²) in [5.41, 5.74) is 3.61. The van der Waals surface area contributed by atoms with E-state index in [9.17, 15) is 4.79 Å². The predicted molar refractivity (Wildman–Crippen MR) is 67.3 cm³/mol. The van der Waals surface area contributed by atoms with Crippen LogP contribution in [0.5, 0.6) is 0 Å². The normalized spacial score (nSPS) is 13.6. The Morgan fingerprint density at radius 3 is 2.62 bits per heavy atom. The Morgan fingerprint density at radius 1 is 1.38 bits per heavy atom. The molecule has 0 aromatic heterocycles. The van der Waals surface area contributed by atoms with Crippen LogP contribution >= 0.6 is 0 Å². The van der Waals surface area contributed by atoms with E-state index in [1.807, 2.05) is 25.1 Å². The topological polar surface area (TPSA) is 17.1 Å². The molecule has 0 spiro atoms. The van der Waals surface area contributed by atoms with Gasteiger partial charge in [0.25, 0.3) is 0 Å². The van der Waals surface area contributed by atoms with E-state index in [1.54, 1.807) is 6.08 Å². The fourth-order valence-corrected chi connectivity index (χ4v) is 1.72. The molecule has 0 bridgehead atoms. The Kier molecular flexibility index (Phi) is 4.75. The number of hydrogen-bond acceptors (Lipinski definition) is 1.